The average molecular weight is 196 g/mol. The quantitative estimate of drug-likeness (QED) is 0.559. The normalized spacial score (nSPS) is 11.1. The summed E-state index contributed by atoms with van der Waals surface area (Å²) in [6.07, 6.45) is -1.23. The molecule has 1 amide bonds. The molecule has 0 atom stereocenters. The van der Waals surface area contributed by atoms with Crippen molar-refractivity contribution in [3.8, 4) is 0 Å². The van der Waals surface area contributed by atoms with E-state index in [2.05, 4.69) is 5.10 Å². The zero-order chi connectivity index (χ0) is 10.6. The van der Waals surface area contributed by atoms with Crippen molar-refractivity contribution in [1.82, 2.24) is 5.43 Å². The minimum atomic E-state index is -1.23. The second-order valence-electron chi connectivity index (χ2n) is 2.62. The van der Waals surface area contributed by atoms with Crippen LogP contribution in [0, 0.1) is 5.82 Å². The molecular formula is C9H9FN2O2. The van der Waals surface area contributed by atoms with Crippen molar-refractivity contribution < 1.29 is 14.3 Å². The van der Waals surface area contributed by atoms with Crippen LogP contribution in [0.25, 0.3) is 0 Å². The summed E-state index contributed by atoms with van der Waals surface area (Å²) in [5, 5.41) is 11.8. The van der Waals surface area contributed by atoms with Crippen LogP contribution in [0.4, 0.5) is 9.18 Å². The van der Waals surface area contributed by atoms with Gasteiger partial charge in [0.2, 0.25) is 0 Å². The number of hydrazone groups is 1. The fraction of sp³-hybridized carbons (Fsp3) is 0.111. The highest BCUT2D eigenvalue weighted by molar-refractivity contribution is 5.98. The first kappa shape index (κ1) is 10.2. The molecule has 0 heterocycles. The van der Waals surface area contributed by atoms with Crippen LogP contribution in [0.5, 0.6) is 0 Å². The number of carbonyl (C=O) groups is 1. The second-order valence-corrected chi connectivity index (χ2v) is 2.62. The fourth-order valence-corrected chi connectivity index (χ4v) is 0.887. The van der Waals surface area contributed by atoms with Gasteiger partial charge in [-0.25, -0.2) is 14.6 Å². The van der Waals surface area contributed by atoms with Gasteiger partial charge in [-0.05, 0) is 24.6 Å². The van der Waals surface area contributed by atoms with Crippen LogP contribution < -0.4 is 5.43 Å². The van der Waals surface area contributed by atoms with Crippen molar-refractivity contribution in [1.29, 1.82) is 0 Å². The van der Waals surface area contributed by atoms with Gasteiger partial charge in [-0.1, -0.05) is 12.1 Å². The van der Waals surface area contributed by atoms with Crippen molar-refractivity contribution >= 4 is 11.8 Å². The van der Waals surface area contributed by atoms with Crippen molar-refractivity contribution in [3.63, 3.8) is 0 Å². The number of hydrogen-bond acceptors (Lipinski definition) is 2. The molecule has 74 valence electrons. The number of carboxylic acid groups (broad SMARTS) is 1. The molecule has 0 saturated carbocycles. The number of nitrogens with zero attached hydrogens (tertiary/aromatic N) is 1. The summed E-state index contributed by atoms with van der Waals surface area (Å²) in [6, 6.07) is 5.62. The smallest absolute Gasteiger partial charge is 0.425 e. The predicted molar refractivity (Wildman–Crippen MR) is 49.8 cm³/mol. The lowest BCUT2D eigenvalue weighted by Gasteiger charge is -1.99. The molecule has 0 aromatic heterocycles. The Bertz CT molecular complexity index is 360. The third kappa shape index (κ3) is 2.85. The van der Waals surface area contributed by atoms with Crippen molar-refractivity contribution in [2.75, 3.05) is 0 Å². The van der Waals surface area contributed by atoms with Gasteiger partial charge in [-0.2, -0.15) is 5.10 Å². The van der Waals surface area contributed by atoms with Crippen molar-refractivity contribution in [3.05, 3.63) is 35.6 Å². The molecule has 0 fully saturated rings. The second kappa shape index (κ2) is 4.36. The lowest BCUT2D eigenvalue weighted by atomic mass is 10.1. The Kier molecular flexibility index (Phi) is 3.17. The van der Waals surface area contributed by atoms with Gasteiger partial charge in [0.05, 0.1) is 5.71 Å². The summed E-state index contributed by atoms with van der Waals surface area (Å²) in [5.74, 6) is -0.340. The van der Waals surface area contributed by atoms with Crippen LogP contribution in [0.1, 0.15) is 12.5 Å². The SMILES string of the molecule is C/C(=N/NC(=O)O)c1ccc(F)cc1. The highest BCUT2D eigenvalue weighted by Gasteiger charge is 1.98. The average Bonchev–Trinajstić information content (AvgIpc) is 2.15. The summed E-state index contributed by atoms with van der Waals surface area (Å²) in [4.78, 5) is 10.1. The maximum Gasteiger partial charge on any atom is 0.425 e. The van der Waals surface area contributed by atoms with Gasteiger partial charge in [0, 0.05) is 0 Å². The first-order valence-electron chi connectivity index (χ1n) is 3.89. The Balaban J connectivity index is 2.78. The standard InChI is InChI=1S/C9H9FN2O2/c1-6(11-12-9(13)14)7-2-4-8(10)5-3-7/h2-5,12H,1H3,(H,13,14)/b11-6-. The summed E-state index contributed by atoms with van der Waals surface area (Å²) < 4.78 is 12.5. The monoisotopic (exact) mass is 196 g/mol. The first-order valence-corrected chi connectivity index (χ1v) is 3.89. The van der Waals surface area contributed by atoms with Gasteiger partial charge in [0.25, 0.3) is 0 Å². The van der Waals surface area contributed by atoms with E-state index in [9.17, 15) is 9.18 Å². The van der Waals surface area contributed by atoms with Gasteiger partial charge in [-0.3, -0.25) is 0 Å². The number of rotatable bonds is 2. The van der Waals surface area contributed by atoms with E-state index in [4.69, 9.17) is 5.11 Å². The molecule has 1 rings (SSSR count). The third-order valence-corrected chi connectivity index (χ3v) is 1.58. The minimum Gasteiger partial charge on any atom is -0.464 e. The lowest BCUT2D eigenvalue weighted by molar-refractivity contribution is 0.195. The molecule has 0 unspecified atom stereocenters. The Hall–Kier alpha value is -1.91. The van der Waals surface area contributed by atoms with E-state index in [1.54, 1.807) is 6.92 Å². The summed E-state index contributed by atoms with van der Waals surface area (Å²) in [6.45, 7) is 1.63. The van der Waals surface area contributed by atoms with Gasteiger partial charge in [-0.15, -0.1) is 0 Å². The predicted octanol–water partition coefficient (Wildman–Crippen LogP) is 1.82. The molecule has 0 aliphatic heterocycles. The molecule has 0 aliphatic rings. The number of hydrogen-bond donors (Lipinski definition) is 2. The van der Waals surface area contributed by atoms with Crippen molar-refractivity contribution in [2.24, 2.45) is 5.10 Å². The molecule has 0 saturated heterocycles. The largest absolute Gasteiger partial charge is 0.464 e. The Morgan fingerprint density at radius 1 is 1.43 bits per heavy atom. The number of benzene rings is 1. The molecule has 0 spiro atoms. The van der Waals surface area contributed by atoms with Crippen molar-refractivity contribution in [2.45, 2.75) is 6.92 Å². The minimum absolute atomic E-state index is 0.340. The lowest BCUT2D eigenvalue weighted by Crippen LogP contribution is -2.16. The van der Waals surface area contributed by atoms with E-state index in [-0.39, 0.29) is 5.82 Å². The molecule has 1 aromatic rings. The molecule has 5 heteroatoms. The van der Waals surface area contributed by atoms with E-state index in [1.807, 2.05) is 5.43 Å². The summed E-state index contributed by atoms with van der Waals surface area (Å²) in [5.41, 5.74) is 3.02. The maximum absolute atomic E-state index is 12.5. The highest BCUT2D eigenvalue weighted by atomic mass is 19.1. The first-order chi connectivity index (χ1) is 6.59. The van der Waals surface area contributed by atoms with Crippen LogP contribution in [-0.2, 0) is 0 Å². The summed E-state index contributed by atoms with van der Waals surface area (Å²) in [7, 11) is 0. The van der Waals surface area contributed by atoms with E-state index in [0.29, 0.717) is 11.3 Å². The number of halogens is 1. The van der Waals surface area contributed by atoms with Crippen LogP contribution >= 0.6 is 0 Å². The molecule has 0 radical (unpaired) electrons. The molecule has 2 N–H and O–H groups in total. The topological polar surface area (TPSA) is 61.7 Å². The highest BCUT2D eigenvalue weighted by Crippen LogP contribution is 2.03. The van der Waals surface area contributed by atoms with E-state index < -0.39 is 6.09 Å². The molecular weight excluding hydrogens is 187 g/mol. The van der Waals surface area contributed by atoms with E-state index in [1.165, 1.54) is 24.3 Å². The Morgan fingerprint density at radius 3 is 2.50 bits per heavy atom. The van der Waals surface area contributed by atoms with Gasteiger partial charge in [0.1, 0.15) is 5.82 Å². The van der Waals surface area contributed by atoms with Gasteiger partial charge < -0.3 is 5.11 Å². The fourth-order valence-electron chi connectivity index (χ4n) is 0.887. The summed E-state index contributed by atoms with van der Waals surface area (Å²) >= 11 is 0. The molecule has 4 nitrogen and oxygen atoms in total. The maximum atomic E-state index is 12.5. The zero-order valence-corrected chi connectivity index (χ0v) is 7.49. The molecule has 0 bridgehead atoms. The Labute approximate surface area is 80.1 Å². The number of nitrogens with one attached hydrogen (secondary N) is 1. The van der Waals surface area contributed by atoms with E-state index in [0.717, 1.165) is 0 Å². The van der Waals surface area contributed by atoms with Gasteiger partial charge in [0.15, 0.2) is 0 Å². The zero-order valence-electron chi connectivity index (χ0n) is 7.49. The Morgan fingerprint density at radius 2 is 2.00 bits per heavy atom. The van der Waals surface area contributed by atoms with Crippen LogP contribution in [0.3, 0.4) is 0 Å². The molecule has 14 heavy (non-hydrogen) atoms. The van der Waals surface area contributed by atoms with Crippen LogP contribution in [0.15, 0.2) is 29.4 Å². The van der Waals surface area contributed by atoms with Gasteiger partial charge >= 0.3 is 6.09 Å². The van der Waals surface area contributed by atoms with E-state index >= 15 is 0 Å². The molecule has 1 aromatic carbocycles. The van der Waals surface area contributed by atoms with Crippen LogP contribution in [0.2, 0.25) is 0 Å². The molecule has 0 aliphatic carbocycles. The third-order valence-electron chi connectivity index (χ3n) is 1.58. The number of amides is 1. The van der Waals surface area contributed by atoms with Crippen LogP contribution in [-0.4, -0.2) is 16.9 Å².